The van der Waals surface area contributed by atoms with Crippen LogP contribution < -0.4 is 15.1 Å². The Kier molecular flexibility index (Phi) is 6.73. The topological polar surface area (TPSA) is 47.5 Å². The minimum Gasteiger partial charge on any atom is -0.372 e. The van der Waals surface area contributed by atoms with Crippen LogP contribution in [0.5, 0.6) is 0 Å². The van der Waals surface area contributed by atoms with Crippen LogP contribution in [0.1, 0.15) is 32.0 Å². The molecule has 6 nitrogen and oxygen atoms in total. The summed E-state index contributed by atoms with van der Waals surface area (Å²) in [5.41, 5.74) is 4.51. The molecule has 1 saturated heterocycles. The van der Waals surface area contributed by atoms with Crippen LogP contribution in [-0.2, 0) is 0 Å². The van der Waals surface area contributed by atoms with Crippen LogP contribution in [0.25, 0.3) is 0 Å². The molecule has 0 amide bonds. The molecule has 1 aromatic carbocycles. The first kappa shape index (κ1) is 20.4. The van der Waals surface area contributed by atoms with E-state index in [9.17, 15) is 0 Å². The molecule has 0 aliphatic carbocycles. The van der Waals surface area contributed by atoms with Gasteiger partial charge in [-0.3, -0.25) is 0 Å². The highest BCUT2D eigenvalue weighted by molar-refractivity contribution is 5.64. The Balaban J connectivity index is 1.77. The largest absolute Gasteiger partial charge is 0.372 e. The van der Waals surface area contributed by atoms with E-state index in [0.717, 1.165) is 63.0 Å². The molecule has 0 radical (unpaired) electrons. The SMILES string of the molecule is CCN1CCN(c2cc(C)nc(Nc3ccc(N(CC)CC)cc3C)n2)CC1. The number of aromatic nitrogens is 2. The Labute approximate surface area is 169 Å². The van der Waals surface area contributed by atoms with Crippen LogP contribution in [0.15, 0.2) is 24.3 Å². The standard InChI is InChI=1S/C22H34N6/c1-6-26-11-13-28(14-12-26)21-16-18(5)23-22(25-21)24-20-10-9-19(15-17(20)4)27(7-2)8-3/h9-10,15-16H,6-8,11-14H2,1-5H3,(H,23,24,25). The van der Waals surface area contributed by atoms with Crippen molar-refractivity contribution in [3.8, 4) is 0 Å². The van der Waals surface area contributed by atoms with E-state index in [1.807, 2.05) is 6.92 Å². The lowest BCUT2D eigenvalue weighted by Gasteiger charge is -2.34. The van der Waals surface area contributed by atoms with Crippen molar-refractivity contribution in [2.75, 3.05) is 60.9 Å². The molecule has 2 aromatic rings. The molecule has 28 heavy (non-hydrogen) atoms. The molecule has 0 atom stereocenters. The number of hydrogen-bond acceptors (Lipinski definition) is 6. The average molecular weight is 383 g/mol. The van der Waals surface area contributed by atoms with Gasteiger partial charge in [0.15, 0.2) is 0 Å². The molecule has 3 rings (SSSR count). The van der Waals surface area contributed by atoms with E-state index in [-0.39, 0.29) is 0 Å². The van der Waals surface area contributed by atoms with E-state index < -0.39 is 0 Å². The van der Waals surface area contributed by atoms with E-state index in [4.69, 9.17) is 4.98 Å². The lowest BCUT2D eigenvalue weighted by molar-refractivity contribution is 0.270. The number of anilines is 4. The van der Waals surface area contributed by atoms with Gasteiger partial charge in [-0.15, -0.1) is 0 Å². The minimum absolute atomic E-state index is 0.673. The highest BCUT2D eigenvalue weighted by Crippen LogP contribution is 2.25. The minimum atomic E-state index is 0.673. The number of likely N-dealkylation sites (N-methyl/N-ethyl adjacent to an activating group) is 1. The number of nitrogens with zero attached hydrogens (tertiary/aromatic N) is 5. The third kappa shape index (κ3) is 4.73. The first-order chi connectivity index (χ1) is 13.5. The molecule has 1 N–H and O–H groups in total. The lowest BCUT2D eigenvalue weighted by Crippen LogP contribution is -2.46. The van der Waals surface area contributed by atoms with Gasteiger partial charge < -0.3 is 20.0 Å². The highest BCUT2D eigenvalue weighted by Gasteiger charge is 2.18. The fraction of sp³-hybridized carbons (Fsp3) is 0.545. The molecule has 0 bridgehead atoms. The molecule has 0 unspecified atom stereocenters. The number of nitrogens with one attached hydrogen (secondary N) is 1. The van der Waals surface area contributed by atoms with Crippen molar-refractivity contribution in [1.82, 2.24) is 14.9 Å². The first-order valence-electron chi connectivity index (χ1n) is 10.5. The fourth-order valence-corrected chi connectivity index (χ4v) is 3.76. The molecule has 1 aromatic heterocycles. The Morgan fingerprint density at radius 3 is 2.29 bits per heavy atom. The van der Waals surface area contributed by atoms with Gasteiger partial charge in [0.1, 0.15) is 5.82 Å². The summed E-state index contributed by atoms with van der Waals surface area (Å²) in [6, 6.07) is 8.62. The quantitative estimate of drug-likeness (QED) is 0.785. The van der Waals surface area contributed by atoms with Crippen LogP contribution >= 0.6 is 0 Å². The third-order valence-corrected chi connectivity index (χ3v) is 5.57. The van der Waals surface area contributed by atoms with Crippen LogP contribution in [0.4, 0.5) is 23.1 Å². The Morgan fingerprint density at radius 1 is 0.964 bits per heavy atom. The zero-order valence-electron chi connectivity index (χ0n) is 18.0. The smallest absolute Gasteiger partial charge is 0.229 e. The van der Waals surface area contributed by atoms with Gasteiger partial charge in [0, 0.05) is 62.4 Å². The zero-order valence-corrected chi connectivity index (χ0v) is 18.0. The summed E-state index contributed by atoms with van der Waals surface area (Å²) in [6.45, 7) is 18.1. The van der Waals surface area contributed by atoms with Gasteiger partial charge in [-0.25, -0.2) is 4.98 Å². The first-order valence-corrected chi connectivity index (χ1v) is 10.5. The van der Waals surface area contributed by atoms with Crippen molar-refractivity contribution in [2.45, 2.75) is 34.6 Å². The van der Waals surface area contributed by atoms with Gasteiger partial charge in [-0.2, -0.15) is 4.98 Å². The third-order valence-electron chi connectivity index (χ3n) is 5.57. The maximum atomic E-state index is 4.81. The average Bonchev–Trinajstić information content (AvgIpc) is 2.70. The van der Waals surface area contributed by atoms with Crippen molar-refractivity contribution in [1.29, 1.82) is 0 Å². The number of hydrogen-bond donors (Lipinski definition) is 1. The summed E-state index contributed by atoms with van der Waals surface area (Å²) >= 11 is 0. The molecule has 1 aliphatic rings. The summed E-state index contributed by atoms with van der Waals surface area (Å²) in [7, 11) is 0. The summed E-state index contributed by atoms with van der Waals surface area (Å²) in [5.74, 6) is 1.69. The molecule has 1 aliphatic heterocycles. The van der Waals surface area contributed by atoms with E-state index >= 15 is 0 Å². The number of piperazine rings is 1. The van der Waals surface area contributed by atoms with Crippen LogP contribution in [0.2, 0.25) is 0 Å². The summed E-state index contributed by atoms with van der Waals surface area (Å²) in [4.78, 5) is 16.6. The Bertz CT molecular complexity index is 779. The second kappa shape index (κ2) is 9.24. The summed E-state index contributed by atoms with van der Waals surface area (Å²) < 4.78 is 0. The number of aryl methyl sites for hydroxylation is 2. The zero-order chi connectivity index (χ0) is 20.1. The number of rotatable bonds is 7. The molecular formula is C22H34N6. The van der Waals surface area contributed by atoms with Crippen molar-refractivity contribution >= 4 is 23.1 Å². The van der Waals surface area contributed by atoms with Gasteiger partial charge in [0.25, 0.3) is 0 Å². The predicted octanol–water partition coefficient (Wildman–Crippen LogP) is 3.83. The monoisotopic (exact) mass is 382 g/mol. The van der Waals surface area contributed by atoms with Gasteiger partial charge in [-0.05, 0) is 58.0 Å². The van der Waals surface area contributed by atoms with Gasteiger partial charge >= 0.3 is 0 Å². The predicted molar refractivity (Wildman–Crippen MR) is 119 cm³/mol. The van der Waals surface area contributed by atoms with Crippen molar-refractivity contribution in [3.63, 3.8) is 0 Å². The summed E-state index contributed by atoms with van der Waals surface area (Å²) in [5, 5.41) is 3.44. The van der Waals surface area contributed by atoms with E-state index in [1.165, 1.54) is 11.3 Å². The number of benzene rings is 1. The molecule has 0 saturated carbocycles. The van der Waals surface area contributed by atoms with E-state index in [1.54, 1.807) is 0 Å². The maximum Gasteiger partial charge on any atom is 0.229 e. The molecule has 6 heteroatoms. The van der Waals surface area contributed by atoms with Gasteiger partial charge in [0.05, 0.1) is 0 Å². The lowest BCUT2D eigenvalue weighted by atomic mass is 10.1. The second-order valence-corrected chi connectivity index (χ2v) is 7.41. The fourth-order valence-electron chi connectivity index (χ4n) is 3.76. The van der Waals surface area contributed by atoms with Crippen molar-refractivity contribution in [3.05, 3.63) is 35.5 Å². The maximum absolute atomic E-state index is 4.81. The molecule has 2 heterocycles. The Morgan fingerprint density at radius 2 is 1.68 bits per heavy atom. The molecule has 152 valence electrons. The van der Waals surface area contributed by atoms with Crippen LogP contribution in [0, 0.1) is 13.8 Å². The summed E-state index contributed by atoms with van der Waals surface area (Å²) in [6.07, 6.45) is 0. The normalized spacial score (nSPS) is 15.0. The molecule has 1 fully saturated rings. The van der Waals surface area contributed by atoms with E-state index in [2.05, 4.69) is 77.0 Å². The second-order valence-electron chi connectivity index (χ2n) is 7.41. The molecular weight excluding hydrogens is 348 g/mol. The van der Waals surface area contributed by atoms with E-state index in [0.29, 0.717) is 5.95 Å². The van der Waals surface area contributed by atoms with Crippen molar-refractivity contribution < 1.29 is 0 Å². The van der Waals surface area contributed by atoms with Gasteiger partial charge in [-0.1, -0.05) is 6.92 Å². The van der Waals surface area contributed by atoms with Gasteiger partial charge in [0.2, 0.25) is 5.95 Å². The molecule has 0 spiro atoms. The highest BCUT2D eigenvalue weighted by atomic mass is 15.3. The van der Waals surface area contributed by atoms with Crippen molar-refractivity contribution in [2.24, 2.45) is 0 Å². The van der Waals surface area contributed by atoms with Crippen LogP contribution in [0.3, 0.4) is 0 Å². The van der Waals surface area contributed by atoms with Crippen LogP contribution in [-0.4, -0.2) is 60.7 Å². The Hall–Kier alpha value is -2.34.